The van der Waals surface area contributed by atoms with E-state index in [4.69, 9.17) is 0 Å². The standard InChI is InChI=1S/C20H23FNOS/c1-22(2)12-16-11-19-17-6-4-3-5-13(17)9-14-7-8-15(21)10-18(14)20(19)24(16)23/h3-8,10,16,19-20,23H,9,11-12H2,1-2H3/q+1/t16-,19+,20+,24?/m0/s1. The van der Waals surface area contributed by atoms with E-state index in [0.717, 1.165) is 30.5 Å². The highest BCUT2D eigenvalue weighted by molar-refractivity contribution is 7.92. The summed E-state index contributed by atoms with van der Waals surface area (Å²) < 4.78 is 25.1. The van der Waals surface area contributed by atoms with Gasteiger partial charge in [-0.2, -0.15) is 4.55 Å². The van der Waals surface area contributed by atoms with Crippen molar-refractivity contribution in [2.45, 2.75) is 29.3 Å². The zero-order chi connectivity index (χ0) is 16.8. The molecule has 4 heteroatoms. The normalized spacial score (nSPS) is 28.2. The second kappa shape index (κ2) is 6.17. The Kier molecular flexibility index (Phi) is 4.15. The van der Waals surface area contributed by atoms with Crippen LogP contribution in [-0.4, -0.2) is 35.3 Å². The van der Waals surface area contributed by atoms with Crippen molar-refractivity contribution >= 4 is 11.2 Å². The second-order valence-corrected chi connectivity index (χ2v) is 9.08. The number of benzene rings is 2. The van der Waals surface area contributed by atoms with Gasteiger partial charge in [0.1, 0.15) is 5.82 Å². The van der Waals surface area contributed by atoms with E-state index in [1.54, 1.807) is 12.1 Å². The second-order valence-electron chi connectivity index (χ2n) is 7.21. The Morgan fingerprint density at radius 3 is 2.67 bits per heavy atom. The highest BCUT2D eigenvalue weighted by atomic mass is 32.2. The molecule has 0 spiro atoms. The lowest BCUT2D eigenvalue weighted by Crippen LogP contribution is -2.30. The maximum Gasteiger partial charge on any atom is 0.183 e. The smallest absolute Gasteiger partial charge is 0.183 e. The lowest BCUT2D eigenvalue weighted by atomic mass is 9.87. The summed E-state index contributed by atoms with van der Waals surface area (Å²) in [4.78, 5) is 2.14. The van der Waals surface area contributed by atoms with Crippen LogP contribution in [0.3, 0.4) is 0 Å². The van der Waals surface area contributed by atoms with Crippen LogP contribution >= 0.6 is 0 Å². The van der Waals surface area contributed by atoms with Crippen molar-refractivity contribution in [1.82, 2.24) is 4.90 Å². The third-order valence-corrected chi connectivity index (χ3v) is 7.43. The number of rotatable bonds is 2. The number of hydrogen-bond donors (Lipinski definition) is 1. The van der Waals surface area contributed by atoms with Crippen molar-refractivity contribution in [2.75, 3.05) is 20.6 Å². The summed E-state index contributed by atoms with van der Waals surface area (Å²) in [5, 5.41) is 0.265. The third kappa shape index (κ3) is 2.67. The first-order valence-corrected chi connectivity index (χ1v) is 9.77. The van der Waals surface area contributed by atoms with Gasteiger partial charge in [-0.3, -0.25) is 0 Å². The topological polar surface area (TPSA) is 23.5 Å². The summed E-state index contributed by atoms with van der Waals surface area (Å²) in [6.07, 6.45) is 1.80. The fourth-order valence-corrected chi connectivity index (χ4v) is 6.67. The van der Waals surface area contributed by atoms with E-state index in [-0.39, 0.29) is 22.2 Å². The van der Waals surface area contributed by atoms with E-state index in [0.29, 0.717) is 0 Å². The van der Waals surface area contributed by atoms with Crippen molar-refractivity contribution in [2.24, 2.45) is 0 Å². The Bertz CT molecular complexity index is 763. The van der Waals surface area contributed by atoms with Gasteiger partial charge < -0.3 is 4.90 Å². The van der Waals surface area contributed by atoms with Crippen molar-refractivity contribution in [3.63, 3.8) is 0 Å². The van der Waals surface area contributed by atoms with E-state index in [1.165, 1.54) is 11.1 Å². The minimum absolute atomic E-state index is 0.0179. The van der Waals surface area contributed by atoms with Crippen LogP contribution in [-0.2, 0) is 17.6 Å². The van der Waals surface area contributed by atoms with Gasteiger partial charge in [0.25, 0.3) is 0 Å². The molecule has 0 aromatic heterocycles. The molecule has 126 valence electrons. The number of nitrogens with zero attached hydrogens (tertiary/aromatic N) is 1. The first-order valence-electron chi connectivity index (χ1n) is 8.46. The predicted molar refractivity (Wildman–Crippen MR) is 98.1 cm³/mol. The van der Waals surface area contributed by atoms with Gasteiger partial charge in [0.2, 0.25) is 0 Å². The molecule has 0 saturated carbocycles. The molecule has 0 bridgehead atoms. The molecule has 1 aliphatic heterocycles. The van der Waals surface area contributed by atoms with E-state index in [9.17, 15) is 8.94 Å². The molecule has 4 rings (SSSR count). The van der Waals surface area contributed by atoms with E-state index < -0.39 is 11.2 Å². The van der Waals surface area contributed by atoms with Crippen LogP contribution in [0, 0.1) is 5.82 Å². The Hall–Kier alpha value is -1.36. The SMILES string of the molecule is CN(C)C[C@@H]1C[C@@H]2c3ccccc3Cc3ccc(F)cc3[C@H]2[S+]1O. The molecule has 1 saturated heterocycles. The summed E-state index contributed by atoms with van der Waals surface area (Å²) in [5.74, 6) is 0.0778. The summed E-state index contributed by atoms with van der Waals surface area (Å²) >= 11 is -0.744. The van der Waals surface area contributed by atoms with Crippen LogP contribution in [0.1, 0.15) is 39.8 Å². The monoisotopic (exact) mass is 344 g/mol. The lowest BCUT2D eigenvalue weighted by molar-refractivity contribution is 0.394. The van der Waals surface area contributed by atoms with Crippen molar-refractivity contribution in [3.05, 3.63) is 70.5 Å². The van der Waals surface area contributed by atoms with Crippen molar-refractivity contribution < 1.29 is 8.94 Å². The minimum atomic E-state index is -0.744. The fourth-order valence-electron chi connectivity index (χ4n) is 4.33. The van der Waals surface area contributed by atoms with E-state index >= 15 is 0 Å². The van der Waals surface area contributed by atoms with Crippen LogP contribution in [0.5, 0.6) is 0 Å². The van der Waals surface area contributed by atoms with Crippen LogP contribution in [0.4, 0.5) is 4.39 Å². The molecule has 0 amide bonds. The molecular formula is C20H23FNOS+. The molecule has 4 atom stereocenters. The fraction of sp³-hybridized carbons (Fsp3) is 0.400. The maximum atomic E-state index is 14.0. The van der Waals surface area contributed by atoms with E-state index in [2.05, 4.69) is 29.2 Å². The highest BCUT2D eigenvalue weighted by Gasteiger charge is 2.55. The number of fused-ring (bicyclic) bond motifs is 5. The summed E-state index contributed by atoms with van der Waals surface area (Å²) in [6, 6.07) is 13.6. The van der Waals surface area contributed by atoms with Crippen molar-refractivity contribution in [3.8, 4) is 0 Å². The molecule has 24 heavy (non-hydrogen) atoms. The quantitative estimate of drug-likeness (QED) is 0.833. The summed E-state index contributed by atoms with van der Waals surface area (Å²) in [6.45, 7) is 0.874. The Morgan fingerprint density at radius 1 is 1.12 bits per heavy atom. The highest BCUT2D eigenvalue weighted by Crippen LogP contribution is 2.53. The third-order valence-electron chi connectivity index (χ3n) is 5.30. The Balaban J connectivity index is 1.85. The molecule has 1 unspecified atom stereocenters. The van der Waals surface area contributed by atoms with Gasteiger partial charge in [-0.1, -0.05) is 30.3 Å². The number of halogens is 1. The zero-order valence-corrected chi connectivity index (χ0v) is 14.9. The van der Waals surface area contributed by atoms with Crippen LogP contribution in [0.15, 0.2) is 42.5 Å². The minimum Gasteiger partial charge on any atom is -0.304 e. The molecule has 2 aromatic rings. The Labute approximate surface area is 145 Å². The molecule has 0 radical (unpaired) electrons. The molecule has 2 aromatic carbocycles. The molecule has 1 aliphatic carbocycles. The first kappa shape index (κ1) is 16.1. The maximum absolute atomic E-state index is 14.0. The summed E-state index contributed by atoms with van der Waals surface area (Å²) in [5.41, 5.74) is 4.84. The average molecular weight is 344 g/mol. The molecule has 1 fully saturated rings. The van der Waals surface area contributed by atoms with Gasteiger partial charge in [0, 0.05) is 24.4 Å². The van der Waals surface area contributed by atoms with Gasteiger partial charge in [0.05, 0.1) is 0 Å². The van der Waals surface area contributed by atoms with Gasteiger partial charge in [-0.25, -0.2) is 4.39 Å². The van der Waals surface area contributed by atoms with Gasteiger partial charge >= 0.3 is 0 Å². The van der Waals surface area contributed by atoms with Gasteiger partial charge in [-0.15, -0.1) is 0 Å². The van der Waals surface area contributed by atoms with Gasteiger partial charge in [-0.05, 0) is 49.3 Å². The van der Waals surface area contributed by atoms with Crippen LogP contribution in [0.2, 0.25) is 0 Å². The van der Waals surface area contributed by atoms with E-state index in [1.807, 2.05) is 20.2 Å². The molecule has 1 N–H and O–H groups in total. The largest absolute Gasteiger partial charge is 0.304 e. The first-order chi connectivity index (χ1) is 11.5. The molecule has 2 nitrogen and oxygen atoms in total. The predicted octanol–water partition coefficient (Wildman–Crippen LogP) is 3.98. The number of hydrogen-bond acceptors (Lipinski definition) is 2. The Morgan fingerprint density at radius 2 is 1.88 bits per heavy atom. The molecular weight excluding hydrogens is 321 g/mol. The van der Waals surface area contributed by atoms with Gasteiger partial charge in [0.15, 0.2) is 21.7 Å². The van der Waals surface area contributed by atoms with Crippen LogP contribution < -0.4 is 0 Å². The zero-order valence-electron chi connectivity index (χ0n) is 14.1. The summed E-state index contributed by atoms with van der Waals surface area (Å²) in [7, 11) is 4.10. The molecule has 2 aliphatic rings. The van der Waals surface area contributed by atoms with Crippen molar-refractivity contribution in [1.29, 1.82) is 0 Å². The lowest BCUT2D eigenvalue weighted by Gasteiger charge is -2.16. The molecule has 1 heterocycles. The van der Waals surface area contributed by atoms with Crippen LogP contribution in [0.25, 0.3) is 0 Å². The average Bonchev–Trinajstić information content (AvgIpc) is 2.78.